The molecule has 2 rings (SSSR count). The Bertz CT molecular complexity index is 474. The smallest absolute Gasteiger partial charge is 0.323 e. The van der Waals surface area contributed by atoms with Crippen LogP contribution in [0.2, 0.25) is 0 Å². The highest BCUT2D eigenvalue weighted by Gasteiger charge is 2.45. The van der Waals surface area contributed by atoms with Crippen molar-refractivity contribution in [2.45, 2.75) is 38.3 Å². The summed E-state index contributed by atoms with van der Waals surface area (Å²) in [5, 5.41) is 9.47. The second-order valence-electron chi connectivity index (χ2n) is 5.33. The van der Waals surface area contributed by atoms with Crippen LogP contribution in [0.5, 0.6) is 5.75 Å². The zero-order valence-corrected chi connectivity index (χ0v) is 11.7. The molecule has 0 amide bonds. The molecular formula is C15H21NO3. The second kappa shape index (κ2) is 5.21. The van der Waals surface area contributed by atoms with Gasteiger partial charge in [-0.05, 0) is 50.9 Å². The van der Waals surface area contributed by atoms with Crippen LogP contribution < -0.4 is 4.74 Å². The molecule has 1 heterocycles. The predicted octanol–water partition coefficient (Wildman–Crippen LogP) is 2.70. The molecule has 1 saturated heterocycles. The number of carboxylic acids is 1. The Hall–Kier alpha value is -1.55. The van der Waals surface area contributed by atoms with Crippen molar-refractivity contribution in [3.05, 3.63) is 29.8 Å². The number of nitrogens with zero attached hydrogens (tertiary/aromatic N) is 1. The molecule has 19 heavy (non-hydrogen) atoms. The molecule has 0 aliphatic carbocycles. The first-order chi connectivity index (χ1) is 8.99. The number of likely N-dealkylation sites (tertiary alicyclic amines) is 1. The number of hydrogen-bond acceptors (Lipinski definition) is 3. The van der Waals surface area contributed by atoms with Crippen molar-refractivity contribution in [2.75, 3.05) is 13.7 Å². The lowest BCUT2D eigenvalue weighted by molar-refractivity contribution is -0.149. The minimum Gasteiger partial charge on any atom is -0.497 e. The number of rotatable bonds is 4. The Kier molecular flexibility index (Phi) is 3.80. The predicted molar refractivity (Wildman–Crippen MR) is 73.4 cm³/mol. The number of methoxy groups -OCH3 is 1. The van der Waals surface area contributed by atoms with Gasteiger partial charge in [-0.3, -0.25) is 9.69 Å². The number of ether oxygens (including phenoxy) is 1. The van der Waals surface area contributed by atoms with Crippen LogP contribution in [0.1, 0.15) is 38.3 Å². The molecule has 4 heteroatoms. The molecule has 0 spiro atoms. The fourth-order valence-electron chi connectivity index (χ4n) is 2.92. The Balaban J connectivity index is 2.27. The molecule has 0 bridgehead atoms. The van der Waals surface area contributed by atoms with Crippen LogP contribution in [0.4, 0.5) is 0 Å². The van der Waals surface area contributed by atoms with E-state index < -0.39 is 11.5 Å². The van der Waals surface area contributed by atoms with E-state index in [4.69, 9.17) is 4.74 Å². The zero-order chi connectivity index (χ0) is 14.0. The molecule has 1 aliphatic rings. The normalized spacial score (nSPS) is 25.2. The minimum absolute atomic E-state index is 0.0682. The monoisotopic (exact) mass is 263 g/mol. The van der Waals surface area contributed by atoms with Crippen LogP contribution in [0, 0.1) is 0 Å². The summed E-state index contributed by atoms with van der Waals surface area (Å²) in [7, 11) is 1.64. The van der Waals surface area contributed by atoms with Crippen molar-refractivity contribution in [1.82, 2.24) is 4.90 Å². The van der Waals surface area contributed by atoms with E-state index in [1.54, 1.807) is 7.11 Å². The van der Waals surface area contributed by atoms with E-state index in [1.807, 2.05) is 31.2 Å². The van der Waals surface area contributed by atoms with Gasteiger partial charge in [0.2, 0.25) is 0 Å². The first-order valence-electron chi connectivity index (χ1n) is 6.63. The van der Waals surface area contributed by atoms with Crippen molar-refractivity contribution < 1.29 is 14.6 Å². The van der Waals surface area contributed by atoms with Crippen molar-refractivity contribution in [3.63, 3.8) is 0 Å². The summed E-state index contributed by atoms with van der Waals surface area (Å²) in [5.41, 5.74) is 0.330. The standard InChI is InChI=1S/C15H21NO3/c1-11(12-6-4-7-13(10-12)19-3)16-9-5-8-15(16,2)14(17)18/h4,6-7,10-11H,5,8-9H2,1-3H3,(H,17,18). The van der Waals surface area contributed by atoms with E-state index in [0.29, 0.717) is 6.42 Å². The third kappa shape index (κ3) is 2.45. The Morgan fingerprint density at radius 3 is 2.89 bits per heavy atom. The molecular weight excluding hydrogens is 242 g/mol. The van der Waals surface area contributed by atoms with Gasteiger partial charge >= 0.3 is 5.97 Å². The van der Waals surface area contributed by atoms with E-state index in [2.05, 4.69) is 11.8 Å². The maximum atomic E-state index is 11.5. The third-order valence-corrected chi connectivity index (χ3v) is 4.20. The molecule has 2 unspecified atom stereocenters. The third-order valence-electron chi connectivity index (χ3n) is 4.20. The molecule has 0 saturated carbocycles. The van der Waals surface area contributed by atoms with Crippen LogP contribution in [0.25, 0.3) is 0 Å². The van der Waals surface area contributed by atoms with Crippen LogP contribution in [0.3, 0.4) is 0 Å². The van der Waals surface area contributed by atoms with Gasteiger partial charge in [0, 0.05) is 6.04 Å². The van der Waals surface area contributed by atoms with E-state index in [0.717, 1.165) is 24.3 Å². The molecule has 4 nitrogen and oxygen atoms in total. The molecule has 2 atom stereocenters. The number of carbonyl (C=O) groups is 1. The molecule has 1 fully saturated rings. The quantitative estimate of drug-likeness (QED) is 0.907. The maximum absolute atomic E-state index is 11.5. The van der Waals surface area contributed by atoms with Crippen molar-refractivity contribution in [3.8, 4) is 5.75 Å². The lowest BCUT2D eigenvalue weighted by Gasteiger charge is -2.36. The van der Waals surface area contributed by atoms with Gasteiger partial charge in [0.1, 0.15) is 11.3 Å². The van der Waals surface area contributed by atoms with Gasteiger partial charge in [-0.15, -0.1) is 0 Å². The van der Waals surface area contributed by atoms with Gasteiger partial charge < -0.3 is 9.84 Å². The van der Waals surface area contributed by atoms with E-state index in [9.17, 15) is 9.90 Å². The Morgan fingerprint density at radius 2 is 2.26 bits per heavy atom. The molecule has 1 aliphatic heterocycles. The summed E-state index contributed by atoms with van der Waals surface area (Å²) in [6, 6.07) is 7.91. The first kappa shape index (κ1) is 13.9. The summed E-state index contributed by atoms with van der Waals surface area (Å²) in [6.07, 6.45) is 1.63. The Morgan fingerprint density at radius 1 is 1.53 bits per heavy atom. The summed E-state index contributed by atoms with van der Waals surface area (Å²) < 4.78 is 5.23. The molecule has 104 valence electrons. The maximum Gasteiger partial charge on any atom is 0.323 e. The SMILES string of the molecule is COc1cccc(C(C)N2CCCC2(C)C(=O)O)c1. The largest absolute Gasteiger partial charge is 0.497 e. The molecule has 0 radical (unpaired) electrons. The molecule has 1 aromatic carbocycles. The van der Waals surface area contributed by atoms with Crippen LogP contribution in [0.15, 0.2) is 24.3 Å². The zero-order valence-electron chi connectivity index (χ0n) is 11.7. The lowest BCUT2D eigenvalue weighted by atomic mass is 9.96. The van der Waals surface area contributed by atoms with Crippen molar-refractivity contribution >= 4 is 5.97 Å². The highest BCUT2D eigenvalue weighted by Crippen LogP contribution is 2.37. The van der Waals surface area contributed by atoms with Gasteiger partial charge in [-0.1, -0.05) is 12.1 Å². The average Bonchev–Trinajstić information content (AvgIpc) is 2.81. The second-order valence-corrected chi connectivity index (χ2v) is 5.33. The van der Waals surface area contributed by atoms with E-state index in [-0.39, 0.29) is 6.04 Å². The van der Waals surface area contributed by atoms with Crippen LogP contribution >= 0.6 is 0 Å². The Labute approximate surface area is 114 Å². The first-order valence-corrected chi connectivity index (χ1v) is 6.63. The highest BCUT2D eigenvalue weighted by molar-refractivity contribution is 5.78. The van der Waals surface area contributed by atoms with Gasteiger partial charge in [0.05, 0.1) is 7.11 Å². The molecule has 0 aromatic heterocycles. The fourth-order valence-corrected chi connectivity index (χ4v) is 2.92. The van der Waals surface area contributed by atoms with Gasteiger partial charge in [-0.25, -0.2) is 0 Å². The number of carboxylic acid groups (broad SMARTS) is 1. The minimum atomic E-state index is -0.761. The average molecular weight is 263 g/mol. The summed E-state index contributed by atoms with van der Waals surface area (Å²) >= 11 is 0. The van der Waals surface area contributed by atoms with Crippen molar-refractivity contribution in [2.24, 2.45) is 0 Å². The van der Waals surface area contributed by atoms with Crippen molar-refractivity contribution in [1.29, 1.82) is 0 Å². The topological polar surface area (TPSA) is 49.8 Å². The van der Waals surface area contributed by atoms with Gasteiger partial charge in [-0.2, -0.15) is 0 Å². The van der Waals surface area contributed by atoms with Gasteiger partial charge in [0.15, 0.2) is 0 Å². The highest BCUT2D eigenvalue weighted by atomic mass is 16.5. The summed E-state index contributed by atoms with van der Waals surface area (Å²) in [5.74, 6) is 0.0697. The summed E-state index contributed by atoms with van der Waals surface area (Å²) in [4.78, 5) is 13.6. The molecule has 1 N–H and O–H groups in total. The lowest BCUT2D eigenvalue weighted by Crippen LogP contribution is -2.48. The van der Waals surface area contributed by atoms with Gasteiger partial charge in [0.25, 0.3) is 0 Å². The van der Waals surface area contributed by atoms with E-state index in [1.165, 1.54) is 0 Å². The number of hydrogen-bond donors (Lipinski definition) is 1. The van der Waals surface area contributed by atoms with Crippen LogP contribution in [-0.4, -0.2) is 35.2 Å². The fraction of sp³-hybridized carbons (Fsp3) is 0.533. The summed E-state index contributed by atoms with van der Waals surface area (Å²) in [6.45, 7) is 4.70. The molecule has 1 aromatic rings. The van der Waals surface area contributed by atoms with E-state index >= 15 is 0 Å². The number of benzene rings is 1. The number of aliphatic carboxylic acids is 1. The van der Waals surface area contributed by atoms with Crippen LogP contribution in [-0.2, 0) is 4.79 Å².